The molecule has 0 aromatic carbocycles. The minimum absolute atomic E-state index is 0.0152. The summed E-state index contributed by atoms with van der Waals surface area (Å²) in [4.78, 5) is 75.1. The lowest BCUT2D eigenvalue weighted by Crippen LogP contribution is -2.61. The van der Waals surface area contributed by atoms with Gasteiger partial charge in [0.15, 0.2) is 24.5 Å². The molecule has 15 heteroatoms. The first-order chi connectivity index (χ1) is 17.4. The number of fused-ring (bicyclic) bond motifs is 1. The molecule has 0 spiro atoms. The molecule has 3 rings (SSSR count). The molecular formula is C22H27N3O12. The Balaban J connectivity index is 2.05. The molecule has 0 unspecified atom stereocenters. The number of aromatic nitrogens is 2. The maximum atomic E-state index is 12.8. The first kappa shape index (κ1) is 27.7. The van der Waals surface area contributed by atoms with Crippen molar-refractivity contribution in [3.8, 4) is 0 Å². The minimum atomic E-state index is -1.31. The molecule has 37 heavy (non-hydrogen) atoms. The Kier molecular flexibility index (Phi) is 8.60. The number of carbonyl (C=O) groups excluding carboxylic acids is 5. The number of nitrogens with one attached hydrogen (secondary N) is 1. The van der Waals surface area contributed by atoms with Crippen LogP contribution in [0.2, 0.25) is 0 Å². The summed E-state index contributed by atoms with van der Waals surface area (Å²) in [6, 6.07) is 1.33. The third kappa shape index (κ3) is 6.68. The summed E-state index contributed by atoms with van der Waals surface area (Å²) < 4.78 is 34.3. The van der Waals surface area contributed by atoms with Crippen LogP contribution < -0.4 is 11.0 Å². The molecule has 202 valence electrons. The molecule has 0 bridgehead atoms. The Hall–Kier alpha value is -3.85. The predicted molar refractivity (Wildman–Crippen MR) is 119 cm³/mol. The largest absolute Gasteiger partial charge is 0.463 e. The third-order valence-electron chi connectivity index (χ3n) is 5.34. The first-order valence-electron chi connectivity index (χ1n) is 11.2. The maximum absolute atomic E-state index is 12.8. The van der Waals surface area contributed by atoms with E-state index < -0.39 is 84.9 Å². The van der Waals surface area contributed by atoms with E-state index in [0.29, 0.717) is 0 Å². The average Bonchev–Trinajstić information content (AvgIpc) is 3.10. The molecule has 7 atom stereocenters. The molecule has 0 aliphatic carbocycles. The first-order valence-corrected chi connectivity index (χ1v) is 11.2. The molecule has 0 saturated carbocycles. The van der Waals surface area contributed by atoms with Gasteiger partial charge in [-0.15, -0.1) is 0 Å². The zero-order valence-corrected chi connectivity index (χ0v) is 20.7. The van der Waals surface area contributed by atoms with Crippen LogP contribution in [-0.2, 0) is 52.4 Å². The van der Waals surface area contributed by atoms with Crippen LogP contribution in [0.3, 0.4) is 0 Å². The van der Waals surface area contributed by atoms with Crippen LogP contribution >= 0.6 is 0 Å². The van der Waals surface area contributed by atoms with Gasteiger partial charge in [0.2, 0.25) is 5.91 Å². The summed E-state index contributed by atoms with van der Waals surface area (Å²) in [6.45, 7) is 5.40. The van der Waals surface area contributed by atoms with E-state index in [1.54, 1.807) is 0 Å². The second-order valence-electron chi connectivity index (χ2n) is 8.34. The third-order valence-corrected chi connectivity index (χ3v) is 5.34. The quantitative estimate of drug-likeness (QED) is 0.345. The van der Waals surface area contributed by atoms with Gasteiger partial charge >= 0.3 is 29.6 Å². The fourth-order valence-corrected chi connectivity index (χ4v) is 4.15. The number of amides is 1. The van der Waals surface area contributed by atoms with E-state index in [1.807, 2.05) is 0 Å². The Bertz CT molecular complexity index is 1130. The van der Waals surface area contributed by atoms with Crippen molar-refractivity contribution in [2.24, 2.45) is 0 Å². The molecule has 1 amide bonds. The summed E-state index contributed by atoms with van der Waals surface area (Å²) in [5.41, 5.74) is -0.857. The number of carbonyl (C=O) groups is 5. The fourth-order valence-electron chi connectivity index (χ4n) is 4.15. The average molecular weight is 525 g/mol. The molecule has 2 aliphatic rings. The van der Waals surface area contributed by atoms with Crippen LogP contribution in [0.1, 0.15) is 40.8 Å². The smallest absolute Gasteiger partial charge is 0.351 e. The second-order valence-corrected chi connectivity index (χ2v) is 8.34. The minimum Gasteiger partial charge on any atom is -0.463 e. The van der Waals surface area contributed by atoms with Crippen molar-refractivity contribution in [2.45, 2.75) is 77.5 Å². The molecule has 15 nitrogen and oxygen atoms in total. The van der Waals surface area contributed by atoms with E-state index in [-0.39, 0.29) is 5.82 Å². The van der Waals surface area contributed by atoms with E-state index in [9.17, 15) is 28.8 Å². The van der Waals surface area contributed by atoms with E-state index in [2.05, 4.69) is 10.3 Å². The van der Waals surface area contributed by atoms with Crippen molar-refractivity contribution in [1.29, 1.82) is 0 Å². The molecule has 1 aromatic heterocycles. The predicted octanol–water partition coefficient (Wildman–Crippen LogP) is -0.775. The highest BCUT2D eigenvalue weighted by molar-refractivity contribution is 5.87. The molecule has 2 fully saturated rings. The van der Waals surface area contributed by atoms with Crippen LogP contribution in [0.5, 0.6) is 0 Å². The van der Waals surface area contributed by atoms with E-state index in [0.717, 1.165) is 32.3 Å². The lowest BCUT2D eigenvalue weighted by molar-refractivity contribution is -0.244. The number of ether oxygens (including phenoxy) is 6. The summed E-state index contributed by atoms with van der Waals surface area (Å²) in [6.07, 6.45) is -7.33. The van der Waals surface area contributed by atoms with Crippen LogP contribution in [0.25, 0.3) is 0 Å². The van der Waals surface area contributed by atoms with E-state index in [1.165, 1.54) is 19.2 Å². The zero-order chi connectivity index (χ0) is 27.4. The van der Waals surface area contributed by atoms with E-state index in [4.69, 9.17) is 28.4 Å². The molecule has 1 N–H and O–H groups in total. The van der Waals surface area contributed by atoms with Crippen molar-refractivity contribution in [3.63, 3.8) is 0 Å². The van der Waals surface area contributed by atoms with Crippen molar-refractivity contribution in [1.82, 2.24) is 9.55 Å². The lowest BCUT2D eigenvalue weighted by Gasteiger charge is -2.42. The van der Waals surface area contributed by atoms with Gasteiger partial charge < -0.3 is 33.7 Å². The van der Waals surface area contributed by atoms with Crippen LogP contribution in [0.4, 0.5) is 5.82 Å². The number of nitrogens with zero attached hydrogens (tertiary/aromatic N) is 2. The van der Waals surface area contributed by atoms with Gasteiger partial charge in [-0.3, -0.25) is 28.5 Å². The molecule has 0 radical (unpaired) electrons. The molecule has 2 aliphatic heterocycles. The molecule has 3 heterocycles. The Morgan fingerprint density at radius 2 is 1.43 bits per heavy atom. The second kappa shape index (κ2) is 11.5. The highest BCUT2D eigenvalue weighted by Crippen LogP contribution is 2.41. The van der Waals surface area contributed by atoms with Crippen LogP contribution in [0.15, 0.2) is 17.1 Å². The fraction of sp³-hybridized carbons (Fsp3) is 0.591. The number of hydrogen-bond acceptors (Lipinski definition) is 13. The summed E-state index contributed by atoms with van der Waals surface area (Å²) in [7, 11) is 0. The number of anilines is 1. The van der Waals surface area contributed by atoms with Gasteiger partial charge in [-0.1, -0.05) is 0 Å². The number of rotatable bonds is 7. The Morgan fingerprint density at radius 1 is 0.865 bits per heavy atom. The highest BCUT2D eigenvalue weighted by Gasteiger charge is 2.60. The summed E-state index contributed by atoms with van der Waals surface area (Å²) in [5.74, 6) is -3.33. The maximum Gasteiger partial charge on any atom is 0.351 e. The van der Waals surface area contributed by atoms with Crippen molar-refractivity contribution in [3.05, 3.63) is 22.7 Å². The lowest BCUT2D eigenvalue weighted by atomic mass is 9.93. The van der Waals surface area contributed by atoms with Crippen LogP contribution in [-0.4, -0.2) is 82.6 Å². The molecular weight excluding hydrogens is 498 g/mol. The van der Waals surface area contributed by atoms with Crippen molar-refractivity contribution >= 4 is 35.6 Å². The topological polar surface area (TPSA) is 188 Å². The monoisotopic (exact) mass is 525 g/mol. The van der Waals surface area contributed by atoms with Gasteiger partial charge in [-0.25, -0.2) is 4.79 Å². The number of esters is 4. The van der Waals surface area contributed by atoms with Crippen molar-refractivity contribution in [2.75, 3.05) is 11.9 Å². The SMILES string of the molecule is CC(=O)Nc1ccn([C@@H]2O[C@H]3[C@@H](O[C@H](COC(C)=O)[C@H](OC(C)=O)[C@@H]3OC(C)=O)[C@H]2OC(C)=O)c(=O)n1. The van der Waals surface area contributed by atoms with Gasteiger partial charge in [0.1, 0.15) is 30.7 Å². The molecule has 1 aromatic rings. The van der Waals surface area contributed by atoms with Gasteiger partial charge in [-0.05, 0) is 6.07 Å². The number of hydrogen-bond donors (Lipinski definition) is 1. The summed E-state index contributed by atoms with van der Waals surface area (Å²) >= 11 is 0. The normalized spacial score (nSPS) is 28.4. The zero-order valence-electron chi connectivity index (χ0n) is 20.7. The summed E-state index contributed by atoms with van der Waals surface area (Å²) in [5, 5.41) is 2.38. The van der Waals surface area contributed by atoms with Crippen LogP contribution in [0, 0.1) is 0 Å². The Labute approximate surface area is 210 Å². The van der Waals surface area contributed by atoms with Gasteiger partial charge in [0, 0.05) is 40.8 Å². The van der Waals surface area contributed by atoms with Gasteiger partial charge in [0.25, 0.3) is 0 Å². The van der Waals surface area contributed by atoms with Gasteiger partial charge in [0.05, 0.1) is 0 Å². The van der Waals surface area contributed by atoms with Gasteiger partial charge in [-0.2, -0.15) is 4.98 Å². The van der Waals surface area contributed by atoms with E-state index >= 15 is 0 Å². The molecule has 2 saturated heterocycles. The van der Waals surface area contributed by atoms with Crippen molar-refractivity contribution < 1.29 is 52.4 Å². The highest BCUT2D eigenvalue weighted by atomic mass is 16.7. The standard InChI is InChI=1S/C22H27N3O12/c1-9(26)23-15-6-7-25(22(31)24-15)21-20(35-13(5)30)19-18(37-21)17(34-12(4)29)16(33-11(3)28)14(36-19)8-32-10(2)27/h6-7,14,16-21H,8H2,1-5H3,(H,23,24,26,31)/t14-,16+,17+,18-,19-,20-,21-/m1/s1. The Morgan fingerprint density at radius 3 is 1.97 bits per heavy atom.